The summed E-state index contributed by atoms with van der Waals surface area (Å²) in [6.07, 6.45) is 3.32. The molecule has 222 valence electrons. The van der Waals surface area contributed by atoms with E-state index in [1.54, 1.807) is 18.2 Å². The summed E-state index contributed by atoms with van der Waals surface area (Å²) in [7, 11) is -5.03. The molecule has 2 aromatic heterocycles. The third-order valence-corrected chi connectivity index (χ3v) is 10.3. The molecule has 0 aliphatic carbocycles. The number of esters is 1. The summed E-state index contributed by atoms with van der Waals surface area (Å²) in [6, 6.07) is 14.6. The van der Waals surface area contributed by atoms with Crippen LogP contribution in [-0.4, -0.2) is 71.1 Å². The smallest absolute Gasteiger partial charge is 0.326 e. The van der Waals surface area contributed by atoms with Crippen LogP contribution in [0.1, 0.15) is 19.8 Å². The predicted octanol–water partition coefficient (Wildman–Crippen LogP) is 4.83. The van der Waals surface area contributed by atoms with E-state index in [9.17, 15) is 17.4 Å². The van der Waals surface area contributed by atoms with Crippen LogP contribution in [0.25, 0.3) is 16.7 Å². The average Bonchev–Trinajstić information content (AvgIpc) is 3.39. The number of aromatic nitrogens is 3. The fourth-order valence-corrected chi connectivity index (χ4v) is 7.76. The van der Waals surface area contributed by atoms with Gasteiger partial charge in [-0.3, -0.25) is 17.9 Å². The van der Waals surface area contributed by atoms with Crippen LogP contribution in [0, 0.1) is 0 Å². The van der Waals surface area contributed by atoms with Crippen molar-refractivity contribution in [1.82, 2.24) is 14.8 Å². The van der Waals surface area contributed by atoms with Crippen molar-refractivity contribution in [2.75, 3.05) is 47.0 Å². The lowest BCUT2D eigenvalue weighted by molar-refractivity contribution is -0.141. The fourth-order valence-electron chi connectivity index (χ4n) is 4.58. The van der Waals surface area contributed by atoms with Gasteiger partial charge in [0.25, 0.3) is 10.0 Å². The van der Waals surface area contributed by atoms with Crippen LogP contribution in [0.2, 0.25) is 10.0 Å². The molecule has 2 aromatic carbocycles. The minimum absolute atomic E-state index is 0.144. The molecule has 0 bridgehead atoms. The van der Waals surface area contributed by atoms with Crippen LogP contribution in [0.15, 0.2) is 65.7 Å². The molecule has 1 fully saturated rings. The third-order valence-electron chi connectivity index (χ3n) is 6.80. The first-order valence-corrected chi connectivity index (χ1v) is 17.0. The van der Waals surface area contributed by atoms with E-state index in [-0.39, 0.29) is 27.2 Å². The Morgan fingerprint density at radius 2 is 1.69 bits per heavy atom. The van der Waals surface area contributed by atoms with E-state index in [1.165, 1.54) is 18.2 Å². The molecular formula is C28H29Cl2N5O5S2. The zero-order valence-corrected chi connectivity index (χ0v) is 25.9. The number of rotatable bonds is 10. The minimum atomic E-state index is -4.25. The summed E-state index contributed by atoms with van der Waals surface area (Å²) < 4.78 is 47.4. The summed E-state index contributed by atoms with van der Waals surface area (Å²) in [5, 5.41) is 9.80. The second kappa shape index (κ2) is 13.0. The molecule has 1 aliphatic rings. The molecule has 0 N–H and O–H groups in total. The van der Waals surface area contributed by atoms with Gasteiger partial charge in [-0.05, 0) is 61.0 Å². The largest absolute Gasteiger partial charge is 0.464 e. The van der Waals surface area contributed by atoms with Crippen molar-refractivity contribution in [3.8, 4) is 5.82 Å². The Morgan fingerprint density at radius 1 is 1.00 bits per heavy atom. The molecule has 1 aliphatic heterocycles. The van der Waals surface area contributed by atoms with E-state index in [1.807, 2.05) is 35.9 Å². The first-order chi connectivity index (χ1) is 20.2. The summed E-state index contributed by atoms with van der Waals surface area (Å²) in [5.74, 6) is 1.86. The lowest BCUT2D eigenvalue weighted by Gasteiger charge is -2.26. The molecule has 0 spiro atoms. The molecule has 14 heteroatoms. The number of hydrogen-bond acceptors (Lipinski definition) is 8. The summed E-state index contributed by atoms with van der Waals surface area (Å²) in [5.41, 5.74) is 1.04. The van der Waals surface area contributed by atoms with Gasteiger partial charge in [-0.2, -0.15) is 0 Å². The number of sulfonamides is 1. The number of nitrogens with zero attached hydrogens (tertiary/aromatic N) is 5. The number of fused-ring (bicyclic) bond motifs is 1. The maximum absolute atomic E-state index is 13.8. The number of carbonyl (C=O) groups excluding carboxylic acids is 1. The van der Waals surface area contributed by atoms with Crippen LogP contribution >= 0.6 is 23.2 Å². The third kappa shape index (κ3) is 6.72. The highest BCUT2D eigenvalue weighted by molar-refractivity contribution is 7.92. The Morgan fingerprint density at radius 3 is 2.36 bits per heavy atom. The van der Waals surface area contributed by atoms with E-state index in [0.717, 1.165) is 27.4 Å². The van der Waals surface area contributed by atoms with Gasteiger partial charge in [0.05, 0.1) is 22.7 Å². The van der Waals surface area contributed by atoms with Crippen molar-refractivity contribution in [2.24, 2.45) is 0 Å². The lowest BCUT2D eigenvalue weighted by Crippen LogP contribution is -2.38. The van der Waals surface area contributed by atoms with Crippen molar-refractivity contribution in [1.29, 1.82) is 0 Å². The van der Waals surface area contributed by atoms with Gasteiger partial charge >= 0.3 is 5.97 Å². The highest BCUT2D eigenvalue weighted by Gasteiger charge is 2.29. The van der Waals surface area contributed by atoms with Gasteiger partial charge in [-0.1, -0.05) is 36.5 Å². The Balaban J connectivity index is 1.46. The standard InChI is InChI=1S/C28H29Cl2N5O5S2/c1-2-3-12-40-28(36)19-35(42(38,39)24-17-21(29)16-22(30)18-24)23-4-5-25-20(15-23)8-9-34(25)27-7-6-26(31-32-27)33-10-13-41(37)14-11-33/h4-9,15-18H,2-3,10-14,19H2,1H3. The molecule has 0 saturated carbocycles. The normalized spacial score (nSPS) is 14.3. The molecule has 10 nitrogen and oxygen atoms in total. The van der Waals surface area contributed by atoms with E-state index >= 15 is 0 Å². The van der Waals surface area contributed by atoms with Gasteiger partial charge in [0.2, 0.25) is 0 Å². The number of hydrogen-bond donors (Lipinski definition) is 0. The molecule has 4 aromatic rings. The maximum Gasteiger partial charge on any atom is 0.326 e. The van der Waals surface area contributed by atoms with Crippen LogP contribution in [-0.2, 0) is 30.4 Å². The number of unbranched alkanes of at least 4 members (excludes halogenated alkanes) is 1. The maximum atomic E-state index is 13.8. The number of benzene rings is 2. The summed E-state index contributed by atoms with van der Waals surface area (Å²) in [4.78, 5) is 14.6. The Kier molecular flexibility index (Phi) is 9.36. The number of halogens is 2. The van der Waals surface area contributed by atoms with Crippen LogP contribution in [0.4, 0.5) is 11.5 Å². The van der Waals surface area contributed by atoms with Crippen molar-refractivity contribution < 1.29 is 22.2 Å². The molecular weight excluding hydrogens is 621 g/mol. The van der Waals surface area contributed by atoms with Gasteiger partial charge in [0, 0.05) is 57.0 Å². The summed E-state index contributed by atoms with van der Waals surface area (Å²) >= 11 is 12.2. The first-order valence-electron chi connectivity index (χ1n) is 13.4. The van der Waals surface area contributed by atoms with Gasteiger partial charge in [-0.15, -0.1) is 10.2 Å². The quantitative estimate of drug-likeness (QED) is 0.177. The van der Waals surface area contributed by atoms with Crippen molar-refractivity contribution in [3.05, 3.63) is 70.8 Å². The zero-order valence-electron chi connectivity index (χ0n) is 22.8. The predicted molar refractivity (Wildman–Crippen MR) is 166 cm³/mol. The van der Waals surface area contributed by atoms with Crippen LogP contribution in [0.5, 0.6) is 0 Å². The van der Waals surface area contributed by atoms with E-state index in [0.29, 0.717) is 36.8 Å². The SMILES string of the molecule is CCCCOC(=O)CN(c1ccc2c(ccn2-c2ccc(N3CCS(=O)CC3)nn2)c1)S(=O)(=O)c1cc(Cl)cc(Cl)c1. The number of ether oxygens (including phenoxy) is 1. The second-order valence-electron chi connectivity index (χ2n) is 9.70. The number of carbonyl (C=O) groups is 1. The molecule has 3 heterocycles. The molecule has 42 heavy (non-hydrogen) atoms. The summed E-state index contributed by atoms with van der Waals surface area (Å²) in [6.45, 7) is 2.98. The Bertz CT molecular complexity index is 1700. The Labute approximate surface area is 256 Å². The topological polar surface area (TPSA) is 115 Å². The van der Waals surface area contributed by atoms with E-state index < -0.39 is 33.3 Å². The fraction of sp³-hybridized carbons (Fsp3) is 0.321. The van der Waals surface area contributed by atoms with Gasteiger partial charge in [-0.25, -0.2) is 8.42 Å². The highest BCUT2D eigenvalue weighted by atomic mass is 35.5. The molecule has 0 unspecified atom stereocenters. The molecule has 0 radical (unpaired) electrons. The number of anilines is 2. The second-order valence-corrected chi connectivity index (χ2v) is 14.1. The van der Waals surface area contributed by atoms with E-state index in [2.05, 4.69) is 15.1 Å². The average molecular weight is 651 g/mol. The highest BCUT2D eigenvalue weighted by Crippen LogP contribution is 2.31. The van der Waals surface area contributed by atoms with Gasteiger partial charge in [0.15, 0.2) is 11.6 Å². The van der Waals surface area contributed by atoms with Crippen molar-refractivity contribution >= 4 is 72.4 Å². The Hall–Kier alpha value is -3.19. The zero-order chi connectivity index (χ0) is 29.9. The van der Waals surface area contributed by atoms with Crippen molar-refractivity contribution in [2.45, 2.75) is 24.7 Å². The lowest BCUT2D eigenvalue weighted by atomic mass is 10.2. The van der Waals surface area contributed by atoms with Gasteiger partial charge in [0.1, 0.15) is 6.54 Å². The van der Waals surface area contributed by atoms with Crippen molar-refractivity contribution in [3.63, 3.8) is 0 Å². The molecule has 1 saturated heterocycles. The van der Waals surface area contributed by atoms with Crippen LogP contribution < -0.4 is 9.21 Å². The van der Waals surface area contributed by atoms with E-state index in [4.69, 9.17) is 27.9 Å². The minimum Gasteiger partial charge on any atom is -0.464 e. The molecule has 5 rings (SSSR count). The molecule has 0 atom stereocenters. The monoisotopic (exact) mass is 649 g/mol. The van der Waals surface area contributed by atoms with Gasteiger partial charge < -0.3 is 9.64 Å². The van der Waals surface area contributed by atoms with Crippen LogP contribution in [0.3, 0.4) is 0 Å². The molecule has 0 amide bonds. The first kappa shape index (κ1) is 30.3.